The number of carbonyl (C=O) groups excluding carboxylic acids is 3. The minimum Gasteiger partial charge on any atom is -0.466 e. The Kier molecular flexibility index (Phi) is 5.19. The number of para-hydroxylation sites is 1. The van der Waals surface area contributed by atoms with Crippen molar-refractivity contribution >= 4 is 23.6 Å². The van der Waals surface area contributed by atoms with Crippen LogP contribution in [-0.2, 0) is 34.0 Å². The standard InChI is InChI=1S/C21H22N2O6/c1-5-11-23-14-10-8-7-9-13(14)21(16(17(23)22)18(24)27-4)15(19(25)28-6-2)12(3)29-20(21)26/h5,7-10H,1,6,11,22H2,2-4H3. The molecule has 152 valence electrons. The molecule has 1 aromatic carbocycles. The van der Waals surface area contributed by atoms with Gasteiger partial charge in [-0.1, -0.05) is 24.3 Å². The van der Waals surface area contributed by atoms with Gasteiger partial charge in [0.2, 0.25) is 0 Å². The zero-order valence-corrected chi connectivity index (χ0v) is 16.5. The van der Waals surface area contributed by atoms with Gasteiger partial charge in [0, 0.05) is 17.8 Å². The third-order valence-corrected chi connectivity index (χ3v) is 4.98. The van der Waals surface area contributed by atoms with Gasteiger partial charge in [-0.15, -0.1) is 6.58 Å². The molecule has 0 aromatic heterocycles. The van der Waals surface area contributed by atoms with Crippen molar-refractivity contribution in [3.63, 3.8) is 0 Å². The molecule has 0 amide bonds. The highest BCUT2D eigenvalue weighted by Gasteiger charge is 2.63. The zero-order chi connectivity index (χ0) is 21.3. The molecule has 8 heteroatoms. The molecule has 2 aliphatic rings. The number of allylic oxidation sites excluding steroid dienone is 1. The first-order valence-electron chi connectivity index (χ1n) is 9.03. The van der Waals surface area contributed by atoms with Gasteiger partial charge in [-0.2, -0.15) is 0 Å². The molecule has 0 saturated carbocycles. The maximum Gasteiger partial charge on any atom is 0.339 e. The van der Waals surface area contributed by atoms with Crippen LogP contribution in [0.2, 0.25) is 0 Å². The fraction of sp³-hybridized carbons (Fsp3) is 0.286. The number of hydrogen-bond acceptors (Lipinski definition) is 8. The zero-order valence-electron chi connectivity index (χ0n) is 16.5. The molecule has 2 heterocycles. The molecule has 3 rings (SSSR count). The molecule has 1 atom stereocenters. The second kappa shape index (κ2) is 7.46. The van der Waals surface area contributed by atoms with E-state index in [9.17, 15) is 14.4 Å². The molecule has 0 saturated heterocycles. The molecule has 29 heavy (non-hydrogen) atoms. The number of benzene rings is 1. The smallest absolute Gasteiger partial charge is 0.339 e. The summed E-state index contributed by atoms with van der Waals surface area (Å²) in [6, 6.07) is 6.86. The molecule has 0 bridgehead atoms. The molecule has 2 aliphatic heterocycles. The fourth-order valence-electron chi connectivity index (χ4n) is 3.91. The van der Waals surface area contributed by atoms with E-state index in [1.54, 1.807) is 42.2 Å². The van der Waals surface area contributed by atoms with Crippen molar-refractivity contribution < 1.29 is 28.6 Å². The fourth-order valence-corrected chi connectivity index (χ4v) is 3.91. The first-order chi connectivity index (χ1) is 13.9. The van der Waals surface area contributed by atoms with Crippen LogP contribution in [0.25, 0.3) is 0 Å². The summed E-state index contributed by atoms with van der Waals surface area (Å²) >= 11 is 0. The van der Waals surface area contributed by atoms with Crippen LogP contribution in [0.3, 0.4) is 0 Å². The lowest BCUT2D eigenvalue weighted by Gasteiger charge is -2.40. The van der Waals surface area contributed by atoms with Crippen LogP contribution in [0, 0.1) is 0 Å². The average molecular weight is 398 g/mol. The summed E-state index contributed by atoms with van der Waals surface area (Å²) < 4.78 is 15.5. The van der Waals surface area contributed by atoms with E-state index >= 15 is 0 Å². The van der Waals surface area contributed by atoms with Crippen LogP contribution < -0.4 is 10.6 Å². The number of carbonyl (C=O) groups is 3. The lowest BCUT2D eigenvalue weighted by Crippen LogP contribution is -2.50. The van der Waals surface area contributed by atoms with Gasteiger partial charge in [-0.3, -0.25) is 0 Å². The Balaban J connectivity index is 2.46. The van der Waals surface area contributed by atoms with Gasteiger partial charge in [0.15, 0.2) is 5.41 Å². The van der Waals surface area contributed by atoms with Crippen LogP contribution in [0.15, 0.2) is 59.6 Å². The number of methoxy groups -OCH3 is 1. The predicted octanol–water partition coefficient (Wildman–Crippen LogP) is 1.67. The normalized spacial score (nSPS) is 20.5. The van der Waals surface area contributed by atoms with E-state index in [4.69, 9.17) is 19.9 Å². The van der Waals surface area contributed by atoms with Gasteiger partial charge in [0.1, 0.15) is 22.7 Å². The highest BCUT2D eigenvalue weighted by molar-refractivity contribution is 6.16. The number of esters is 3. The number of rotatable bonds is 5. The van der Waals surface area contributed by atoms with E-state index in [1.165, 1.54) is 14.0 Å². The van der Waals surface area contributed by atoms with Crippen molar-refractivity contribution in [3.8, 4) is 0 Å². The molecular formula is C21H22N2O6. The Morgan fingerprint density at radius 2 is 1.97 bits per heavy atom. The van der Waals surface area contributed by atoms with E-state index in [-0.39, 0.29) is 35.9 Å². The molecule has 1 unspecified atom stereocenters. The lowest BCUT2D eigenvalue weighted by molar-refractivity contribution is -0.146. The van der Waals surface area contributed by atoms with Crippen LogP contribution >= 0.6 is 0 Å². The maximum absolute atomic E-state index is 13.3. The highest BCUT2D eigenvalue weighted by atomic mass is 16.6. The Morgan fingerprint density at radius 1 is 1.28 bits per heavy atom. The van der Waals surface area contributed by atoms with Gasteiger partial charge in [-0.05, 0) is 19.9 Å². The van der Waals surface area contributed by atoms with Gasteiger partial charge < -0.3 is 24.8 Å². The van der Waals surface area contributed by atoms with Crippen molar-refractivity contribution in [3.05, 3.63) is 65.2 Å². The highest BCUT2D eigenvalue weighted by Crippen LogP contribution is 2.53. The second-order valence-corrected chi connectivity index (χ2v) is 6.46. The summed E-state index contributed by atoms with van der Waals surface area (Å²) in [5.74, 6) is -2.40. The molecule has 1 spiro atoms. The monoisotopic (exact) mass is 398 g/mol. The Bertz CT molecular complexity index is 977. The second-order valence-electron chi connectivity index (χ2n) is 6.46. The van der Waals surface area contributed by atoms with Crippen molar-refractivity contribution in [2.45, 2.75) is 19.3 Å². The average Bonchev–Trinajstić information content (AvgIpc) is 2.95. The summed E-state index contributed by atoms with van der Waals surface area (Å²) in [5.41, 5.74) is 5.14. The summed E-state index contributed by atoms with van der Waals surface area (Å²) in [5, 5.41) is 0. The van der Waals surface area contributed by atoms with E-state index in [0.29, 0.717) is 11.3 Å². The Morgan fingerprint density at radius 3 is 2.59 bits per heavy atom. The minimum atomic E-state index is -1.89. The Hall–Kier alpha value is -3.55. The summed E-state index contributed by atoms with van der Waals surface area (Å²) in [6.45, 7) is 7.19. The van der Waals surface area contributed by atoms with Crippen molar-refractivity contribution in [2.75, 3.05) is 25.2 Å². The maximum atomic E-state index is 13.3. The van der Waals surface area contributed by atoms with Crippen molar-refractivity contribution in [1.29, 1.82) is 0 Å². The molecule has 0 fully saturated rings. The van der Waals surface area contributed by atoms with E-state index in [2.05, 4.69) is 6.58 Å². The SMILES string of the molecule is C=CCN1C(N)=C(C(=O)OC)C2(C(=O)OC(C)=C2C(=O)OCC)c2ccccc21. The number of ether oxygens (including phenoxy) is 3. The van der Waals surface area contributed by atoms with Crippen LogP contribution in [0.4, 0.5) is 5.69 Å². The summed E-state index contributed by atoms with van der Waals surface area (Å²) in [7, 11) is 1.18. The number of nitrogens with zero attached hydrogens (tertiary/aromatic N) is 1. The van der Waals surface area contributed by atoms with E-state index in [1.807, 2.05) is 0 Å². The molecular weight excluding hydrogens is 376 g/mol. The van der Waals surface area contributed by atoms with Crippen LogP contribution in [0.1, 0.15) is 19.4 Å². The molecule has 0 aliphatic carbocycles. The minimum absolute atomic E-state index is 0.0242. The van der Waals surface area contributed by atoms with Crippen molar-refractivity contribution in [1.82, 2.24) is 0 Å². The van der Waals surface area contributed by atoms with Gasteiger partial charge in [-0.25, -0.2) is 14.4 Å². The number of anilines is 1. The first kappa shape index (κ1) is 20.2. The number of nitrogens with two attached hydrogens (primary N) is 1. The molecule has 0 radical (unpaired) electrons. The lowest BCUT2D eigenvalue weighted by atomic mass is 9.66. The van der Waals surface area contributed by atoms with Crippen LogP contribution in [0.5, 0.6) is 0 Å². The van der Waals surface area contributed by atoms with Gasteiger partial charge in [0.05, 0.1) is 13.7 Å². The Labute approximate surface area is 168 Å². The van der Waals surface area contributed by atoms with Gasteiger partial charge >= 0.3 is 17.9 Å². The van der Waals surface area contributed by atoms with Crippen LogP contribution in [-0.4, -0.2) is 38.2 Å². The van der Waals surface area contributed by atoms with E-state index in [0.717, 1.165) is 0 Å². The topological polar surface area (TPSA) is 108 Å². The third kappa shape index (κ3) is 2.71. The predicted molar refractivity (Wildman–Crippen MR) is 104 cm³/mol. The first-order valence-corrected chi connectivity index (χ1v) is 9.03. The number of cyclic esters (lactones) is 1. The molecule has 2 N–H and O–H groups in total. The molecule has 1 aromatic rings. The molecule has 8 nitrogen and oxygen atoms in total. The van der Waals surface area contributed by atoms with Crippen molar-refractivity contribution in [2.24, 2.45) is 5.73 Å². The van der Waals surface area contributed by atoms with Gasteiger partial charge in [0.25, 0.3) is 0 Å². The third-order valence-electron chi connectivity index (χ3n) is 4.98. The van der Waals surface area contributed by atoms with E-state index < -0.39 is 23.3 Å². The number of hydrogen-bond donors (Lipinski definition) is 1. The largest absolute Gasteiger partial charge is 0.466 e. The summed E-state index contributed by atoms with van der Waals surface area (Å²) in [4.78, 5) is 40.7. The number of fused-ring (bicyclic) bond motifs is 2. The quantitative estimate of drug-likeness (QED) is 0.453. The summed E-state index contributed by atoms with van der Waals surface area (Å²) in [6.07, 6.45) is 1.61.